The van der Waals surface area contributed by atoms with Crippen molar-refractivity contribution in [3.63, 3.8) is 0 Å². The van der Waals surface area contributed by atoms with Crippen LogP contribution in [0.5, 0.6) is 0 Å². The number of nitrogens with two attached hydrogens (primary N) is 1. The largest absolute Gasteiger partial charge is 0.341 e. The molecule has 1 aromatic carbocycles. The van der Waals surface area contributed by atoms with E-state index in [9.17, 15) is 10.1 Å². The van der Waals surface area contributed by atoms with Gasteiger partial charge in [-0.05, 0) is 24.5 Å². The van der Waals surface area contributed by atoms with E-state index in [0.717, 1.165) is 24.9 Å². The Bertz CT molecular complexity index is 1090. The molecule has 2 N–H and O–H groups in total. The van der Waals surface area contributed by atoms with E-state index in [2.05, 4.69) is 20.9 Å². The third kappa shape index (κ3) is 3.06. The molecule has 0 amide bonds. The van der Waals surface area contributed by atoms with Crippen molar-refractivity contribution in [3.05, 3.63) is 52.1 Å². The lowest BCUT2D eigenvalue weighted by Crippen LogP contribution is -2.45. The maximum atomic E-state index is 13.3. The van der Waals surface area contributed by atoms with Crippen LogP contribution in [0, 0.1) is 11.3 Å². The van der Waals surface area contributed by atoms with Gasteiger partial charge in [-0.1, -0.05) is 18.2 Å². The summed E-state index contributed by atoms with van der Waals surface area (Å²) >= 11 is 0. The van der Waals surface area contributed by atoms with Gasteiger partial charge >= 0.3 is 0 Å². The van der Waals surface area contributed by atoms with Gasteiger partial charge in [0.05, 0.1) is 24.5 Å². The third-order valence-electron chi connectivity index (χ3n) is 5.02. The molecule has 3 heterocycles. The predicted octanol–water partition coefficient (Wildman–Crippen LogP) is 0.977. The summed E-state index contributed by atoms with van der Waals surface area (Å²) in [5.74, 6) is 0.564. The van der Waals surface area contributed by atoms with Crippen LogP contribution >= 0.6 is 0 Å². The second kappa shape index (κ2) is 6.85. The van der Waals surface area contributed by atoms with Gasteiger partial charge < -0.3 is 15.2 Å². The molecule has 1 aliphatic heterocycles. The molecular formula is C19H21N7O. The number of imidazole rings is 1. The highest BCUT2D eigenvalue weighted by Crippen LogP contribution is 2.20. The Hall–Kier alpha value is -3.18. The van der Waals surface area contributed by atoms with E-state index in [-0.39, 0.29) is 18.1 Å². The Labute approximate surface area is 156 Å². The molecule has 8 nitrogen and oxygen atoms in total. The van der Waals surface area contributed by atoms with Gasteiger partial charge in [-0.25, -0.2) is 4.98 Å². The molecule has 0 aliphatic carbocycles. The number of fused-ring (bicyclic) bond motifs is 1. The summed E-state index contributed by atoms with van der Waals surface area (Å²) < 4.78 is 3.32. The summed E-state index contributed by atoms with van der Waals surface area (Å²) in [4.78, 5) is 24.3. The van der Waals surface area contributed by atoms with Crippen molar-refractivity contribution in [1.29, 1.82) is 5.26 Å². The summed E-state index contributed by atoms with van der Waals surface area (Å²) in [5.41, 5.74) is 8.20. The molecule has 0 radical (unpaired) electrons. The minimum absolute atomic E-state index is 0.0509. The molecule has 1 saturated heterocycles. The van der Waals surface area contributed by atoms with Crippen molar-refractivity contribution in [1.82, 2.24) is 19.1 Å². The fourth-order valence-corrected chi connectivity index (χ4v) is 3.63. The SMILES string of the molecule is Cn1cnc2nc(N3CCCC(N)C3)n(Cc3ccccc3C#N)c(=O)c21. The summed E-state index contributed by atoms with van der Waals surface area (Å²) in [6.45, 7) is 1.71. The molecular weight excluding hydrogens is 342 g/mol. The van der Waals surface area contributed by atoms with Crippen molar-refractivity contribution in [2.24, 2.45) is 12.8 Å². The lowest BCUT2D eigenvalue weighted by atomic mass is 10.1. The van der Waals surface area contributed by atoms with E-state index in [1.807, 2.05) is 18.2 Å². The van der Waals surface area contributed by atoms with Gasteiger partial charge in [0.1, 0.15) is 0 Å². The maximum absolute atomic E-state index is 13.3. The van der Waals surface area contributed by atoms with Crippen LogP contribution in [0.4, 0.5) is 5.95 Å². The first kappa shape index (κ1) is 17.2. The van der Waals surface area contributed by atoms with E-state index in [0.29, 0.717) is 29.2 Å². The normalized spacial score (nSPS) is 17.2. The number of aromatic nitrogens is 4. The highest BCUT2D eigenvalue weighted by Gasteiger charge is 2.24. The van der Waals surface area contributed by atoms with E-state index in [1.165, 1.54) is 0 Å². The number of rotatable bonds is 3. The smallest absolute Gasteiger partial charge is 0.281 e. The Morgan fingerprint density at radius 2 is 2.19 bits per heavy atom. The molecule has 4 rings (SSSR count). The summed E-state index contributed by atoms with van der Waals surface area (Å²) in [6, 6.07) is 9.56. The van der Waals surface area contributed by atoms with Crippen molar-refractivity contribution < 1.29 is 0 Å². The van der Waals surface area contributed by atoms with Crippen molar-refractivity contribution in [2.75, 3.05) is 18.0 Å². The molecule has 1 atom stereocenters. The monoisotopic (exact) mass is 363 g/mol. The van der Waals surface area contributed by atoms with Crippen LogP contribution in [0.3, 0.4) is 0 Å². The summed E-state index contributed by atoms with van der Waals surface area (Å²) in [7, 11) is 1.78. The average Bonchev–Trinajstić information content (AvgIpc) is 3.05. The van der Waals surface area contributed by atoms with Crippen LogP contribution in [-0.2, 0) is 13.6 Å². The highest BCUT2D eigenvalue weighted by molar-refractivity contribution is 5.71. The molecule has 27 heavy (non-hydrogen) atoms. The maximum Gasteiger partial charge on any atom is 0.281 e. The first-order chi connectivity index (χ1) is 13.1. The van der Waals surface area contributed by atoms with Gasteiger partial charge in [-0.15, -0.1) is 0 Å². The molecule has 0 bridgehead atoms. The second-order valence-corrected chi connectivity index (χ2v) is 6.95. The van der Waals surface area contributed by atoms with Gasteiger partial charge in [-0.2, -0.15) is 10.2 Å². The summed E-state index contributed by atoms with van der Waals surface area (Å²) in [5, 5.41) is 9.41. The van der Waals surface area contributed by atoms with Crippen LogP contribution < -0.4 is 16.2 Å². The molecule has 8 heteroatoms. The van der Waals surface area contributed by atoms with Gasteiger partial charge in [0.25, 0.3) is 5.56 Å². The number of anilines is 1. The Morgan fingerprint density at radius 1 is 1.37 bits per heavy atom. The zero-order chi connectivity index (χ0) is 19.0. The fourth-order valence-electron chi connectivity index (χ4n) is 3.63. The van der Waals surface area contributed by atoms with Gasteiger partial charge in [-0.3, -0.25) is 9.36 Å². The van der Waals surface area contributed by atoms with Crippen LogP contribution in [0.15, 0.2) is 35.4 Å². The lowest BCUT2D eigenvalue weighted by molar-refractivity contribution is 0.491. The topological polar surface area (TPSA) is 106 Å². The highest BCUT2D eigenvalue weighted by atomic mass is 16.1. The first-order valence-electron chi connectivity index (χ1n) is 8.99. The van der Waals surface area contributed by atoms with E-state index < -0.39 is 0 Å². The molecule has 0 saturated carbocycles. The zero-order valence-corrected chi connectivity index (χ0v) is 15.2. The zero-order valence-electron chi connectivity index (χ0n) is 15.2. The van der Waals surface area contributed by atoms with Crippen molar-refractivity contribution in [3.8, 4) is 6.07 Å². The molecule has 138 valence electrons. The number of benzene rings is 1. The predicted molar refractivity (Wildman–Crippen MR) is 102 cm³/mol. The summed E-state index contributed by atoms with van der Waals surface area (Å²) in [6.07, 6.45) is 3.51. The molecule has 0 spiro atoms. The fraction of sp³-hybridized carbons (Fsp3) is 0.368. The van der Waals surface area contributed by atoms with Crippen molar-refractivity contribution >= 4 is 17.1 Å². The molecule has 1 unspecified atom stereocenters. The Balaban J connectivity index is 1.89. The van der Waals surface area contributed by atoms with Crippen LogP contribution in [0.25, 0.3) is 11.2 Å². The number of hydrogen-bond acceptors (Lipinski definition) is 6. The van der Waals surface area contributed by atoms with Gasteiger partial charge in [0.15, 0.2) is 11.2 Å². The molecule has 3 aromatic rings. The van der Waals surface area contributed by atoms with E-state index in [4.69, 9.17) is 5.73 Å². The lowest BCUT2D eigenvalue weighted by Gasteiger charge is -2.33. The van der Waals surface area contributed by atoms with Gasteiger partial charge in [0.2, 0.25) is 5.95 Å². The molecule has 2 aromatic heterocycles. The quantitative estimate of drug-likeness (QED) is 0.743. The molecule has 1 aliphatic rings. The van der Waals surface area contributed by atoms with Crippen LogP contribution in [0.1, 0.15) is 24.0 Å². The Kier molecular flexibility index (Phi) is 4.38. The van der Waals surface area contributed by atoms with E-state index >= 15 is 0 Å². The second-order valence-electron chi connectivity index (χ2n) is 6.95. The first-order valence-corrected chi connectivity index (χ1v) is 8.99. The number of aryl methyl sites for hydroxylation is 1. The Morgan fingerprint density at radius 3 is 2.96 bits per heavy atom. The van der Waals surface area contributed by atoms with Crippen LogP contribution in [-0.4, -0.2) is 38.2 Å². The minimum atomic E-state index is -0.165. The average molecular weight is 363 g/mol. The van der Waals surface area contributed by atoms with Crippen molar-refractivity contribution in [2.45, 2.75) is 25.4 Å². The van der Waals surface area contributed by atoms with Gasteiger partial charge in [0, 0.05) is 26.2 Å². The molecule has 1 fully saturated rings. The van der Waals surface area contributed by atoms with Crippen LogP contribution in [0.2, 0.25) is 0 Å². The minimum Gasteiger partial charge on any atom is -0.341 e. The van der Waals surface area contributed by atoms with E-state index in [1.54, 1.807) is 28.6 Å². The number of piperidine rings is 1. The standard InChI is InChI=1S/C19H21N7O/c1-24-12-22-17-16(24)18(27)26(10-14-6-3-2-5-13(14)9-20)19(23-17)25-8-4-7-15(21)11-25/h2-3,5-6,12,15H,4,7-8,10-11,21H2,1H3. The number of nitrogens with zero attached hydrogens (tertiary/aromatic N) is 6. The number of nitriles is 1. The number of hydrogen-bond donors (Lipinski definition) is 1. The third-order valence-corrected chi connectivity index (χ3v) is 5.02.